The Labute approximate surface area is 155 Å². The Morgan fingerprint density at radius 3 is 2.46 bits per heavy atom. The van der Waals surface area contributed by atoms with Crippen LogP contribution >= 0.6 is 0 Å². The van der Waals surface area contributed by atoms with Crippen LogP contribution in [0.25, 0.3) is 0 Å². The molecule has 3 aliphatic rings. The van der Waals surface area contributed by atoms with E-state index in [2.05, 4.69) is 46.8 Å². The van der Waals surface area contributed by atoms with Crippen LogP contribution in [0.3, 0.4) is 0 Å². The molecule has 0 saturated carbocycles. The Morgan fingerprint density at radius 2 is 1.88 bits per heavy atom. The van der Waals surface area contributed by atoms with E-state index in [4.69, 9.17) is 9.84 Å². The molecule has 0 aromatic heterocycles. The maximum Gasteiger partial charge on any atom is 0.328 e. The molecule has 2 N–H and O–H groups in total. The van der Waals surface area contributed by atoms with Crippen molar-refractivity contribution in [3.05, 3.63) is 47.1 Å². The van der Waals surface area contributed by atoms with Crippen LogP contribution in [0, 0.1) is 22.2 Å². The lowest BCUT2D eigenvalue weighted by Gasteiger charge is -2.52. The number of carboxylic acids is 1. The van der Waals surface area contributed by atoms with Crippen LogP contribution in [0.15, 0.2) is 47.1 Å². The van der Waals surface area contributed by atoms with Crippen molar-refractivity contribution in [2.24, 2.45) is 22.2 Å². The molecule has 6 atom stereocenters. The molecule has 0 amide bonds. The van der Waals surface area contributed by atoms with Gasteiger partial charge in [-0.1, -0.05) is 50.6 Å². The summed E-state index contributed by atoms with van der Waals surface area (Å²) in [7, 11) is 0. The van der Waals surface area contributed by atoms with Gasteiger partial charge in [0.05, 0.1) is 18.8 Å². The summed E-state index contributed by atoms with van der Waals surface area (Å²) >= 11 is 0. The van der Waals surface area contributed by atoms with Crippen LogP contribution in [0.4, 0.5) is 0 Å². The van der Waals surface area contributed by atoms with Gasteiger partial charge in [0.2, 0.25) is 0 Å². The third-order valence-corrected chi connectivity index (χ3v) is 7.09. The Kier molecular flexibility index (Phi) is 4.36. The number of aliphatic hydroxyl groups is 1. The predicted octanol–water partition coefficient (Wildman–Crippen LogP) is 3.89. The summed E-state index contributed by atoms with van der Waals surface area (Å²) in [5.74, 6) is -0.759. The second-order valence-electron chi connectivity index (χ2n) is 8.84. The van der Waals surface area contributed by atoms with Gasteiger partial charge in [0.25, 0.3) is 0 Å². The van der Waals surface area contributed by atoms with Crippen LogP contribution in [0.5, 0.6) is 0 Å². The molecule has 26 heavy (non-hydrogen) atoms. The standard InChI is InChI=1S/C22H30O4/c1-13(8-10-23)18-21(5)12-14(2)17-20(4,9-7-16(24)25)11-15(3)19(26-18)22(17,21)6/h7-9,11-12,17-19,23H,10H2,1-6H3,(H,24,25)/b9-7+,13-8+/t17-,18-,19?,20-,21+,22-/m1/s1. The first-order chi connectivity index (χ1) is 12.0. The monoisotopic (exact) mass is 358 g/mol. The van der Waals surface area contributed by atoms with Gasteiger partial charge in [0.15, 0.2) is 0 Å². The van der Waals surface area contributed by atoms with Crippen molar-refractivity contribution in [2.45, 2.75) is 53.8 Å². The van der Waals surface area contributed by atoms with E-state index in [0.29, 0.717) is 0 Å². The molecule has 0 radical (unpaired) electrons. The largest absolute Gasteiger partial charge is 0.478 e. The zero-order chi connectivity index (χ0) is 19.5. The summed E-state index contributed by atoms with van der Waals surface area (Å²) in [6.07, 6.45) is 9.31. The zero-order valence-electron chi connectivity index (χ0n) is 16.5. The number of aliphatic hydroxyl groups excluding tert-OH is 1. The second kappa shape index (κ2) is 5.93. The van der Waals surface area contributed by atoms with Crippen molar-refractivity contribution in [1.82, 2.24) is 0 Å². The molecule has 1 fully saturated rings. The summed E-state index contributed by atoms with van der Waals surface area (Å²) in [5.41, 5.74) is 2.71. The van der Waals surface area contributed by atoms with Crippen LogP contribution in [-0.4, -0.2) is 35.0 Å². The normalized spacial score (nSPS) is 44.9. The SMILES string of the molecule is CC1=C[C@@](C)(/C=C/C(=O)O)[C@H]2C(C)=C[C@@]3(C)[C@@H](/C(C)=C/CO)OC1[C@@]23C. The molecule has 4 nitrogen and oxygen atoms in total. The summed E-state index contributed by atoms with van der Waals surface area (Å²) in [4.78, 5) is 11.2. The first-order valence-electron chi connectivity index (χ1n) is 9.25. The molecule has 142 valence electrons. The van der Waals surface area contributed by atoms with E-state index in [1.165, 1.54) is 11.6 Å². The van der Waals surface area contributed by atoms with Crippen LogP contribution in [-0.2, 0) is 9.53 Å². The van der Waals surface area contributed by atoms with Gasteiger partial charge in [-0.3, -0.25) is 0 Å². The number of ether oxygens (including phenoxy) is 1. The zero-order valence-corrected chi connectivity index (χ0v) is 16.5. The fraction of sp³-hybridized carbons (Fsp3) is 0.591. The summed E-state index contributed by atoms with van der Waals surface area (Å²) in [6, 6.07) is 0. The predicted molar refractivity (Wildman–Crippen MR) is 102 cm³/mol. The summed E-state index contributed by atoms with van der Waals surface area (Å²) < 4.78 is 6.57. The Morgan fingerprint density at radius 1 is 1.23 bits per heavy atom. The van der Waals surface area contributed by atoms with E-state index in [1.54, 1.807) is 0 Å². The van der Waals surface area contributed by atoms with Gasteiger partial charge in [-0.25, -0.2) is 4.79 Å². The quantitative estimate of drug-likeness (QED) is 0.591. The lowest BCUT2D eigenvalue weighted by molar-refractivity contribution is -0.131. The van der Waals surface area contributed by atoms with Crippen molar-refractivity contribution in [2.75, 3.05) is 6.61 Å². The van der Waals surface area contributed by atoms with Crippen LogP contribution < -0.4 is 0 Å². The number of carboxylic acid groups (broad SMARTS) is 1. The molecule has 0 bridgehead atoms. The van der Waals surface area contributed by atoms with Crippen molar-refractivity contribution in [3.63, 3.8) is 0 Å². The molecule has 0 aromatic carbocycles. The van der Waals surface area contributed by atoms with Gasteiger partial charge >= 0.3 is 5.97 Å². The van der Waals surface area contributed by atoms with Crippen molar-refractivity contribution in [1.29, 1.82) is 0 Å². The second-order valence-corrected chi connectivity index (χ2v) is 8.84. The van der Waals surface area contributed by atoms with E-state index < -0.39 is 5.97 Å². The van der Waals surface area contributed by atoms with E-state index >= 15 is 0 Å². The van der Waals surface area contributed by atoms with Crippen molar-refractivity contribution < 1.29 is 19.7 Å². The Bertz CT molecular complexity index is 758. The fourth-order valence-electron chi connectivity index (χ4n) is 6.30. The molecule has 4 heteroatoms. The Hall–Kier alpha value is -1.65. The van der Waals surface area contributed by atoms with Gasteiger partial charge in [-0.15, -0.1) is 0 Å². The minimum atomic E-state index is -0.922. The highest BCUT2D eigenvalue weighted by molar-refractivity contribution is 5.80. The molecule has 3 rings (SSSR count). The van der Waals surface area contributed by atoms with Gasteiger partial charge in [-0.05, 0) is 31.9 Å². The maximum absolute atomic E-state index is 11.2. The average molecular weight is 358 g/mol. The molecule has 1 unspecified atom stereocenters. The molecule has 0 aromatic rings. The highest BCUT2D eigenvalue weighted by atomic mass is 16.5. The molecule has 0 spiro atoms. The lowest BCUT2D eigenvalue weighted by Crippen LogP contribution is -2.51. The number of hydrogen-bond acceptors (Lipinski definition) is 3. The summed E-state index contributed by atoms with van der Waals surface area (Å²) in [5, 5.41) is 18.5. The molecule has 1 saturated heterocycles. The van der Waals surface area contributed by atoms with Crippen LogP contribution in [0.2, 0.25) is 0 Å². The third-order valence-electron chi connectivity index (χ3n) is 7.09. The van der Waals surface area contributed by atoms with Crippen LogP contribution in [0.1, 0.15) is 41.5 Å². The van der Waals surface area contributed by atoms with E-state index in [1.807, 2.05) is 19.1 Å². The van der Waals surface area contributed by atoms with Gasteiger partial charge in [0.1, 0.15) is 0 Å². The third kappa shape index (κ3) is 2.31. The Balaban J connectivity index is 2.19. The van der Waals surface area contributed by atoms with E-state index in [0.717, 1.165) is 11.1 Å². The van der Waals surface area contributed by atoms with Gasteiger partial charge < -0.3 is 14.9 Å². The number of aliphatic carboxylic acids is 1. The molecular weight excluding hydrogens is 328 g/mol. The minimum absolute atomic E-state index is 0.00314. The van der Waals surface area contributed by atoms with Crippen molar-refractivity contribution >= 4 is 5.97 Å². The number of rotatable bonds is 4. The molecule has 1 aliphatic heterocycles. The highest BCUT2D eigenvalue weighted by Crippen LogP contribution is 2.71. The fourth-order valence-corrected chi connectivity index (χ4v) is 6.30. The van der Waals surface area contributed by atoms with E-state index in [9.17, 15) is 9.90 Å². The number of hydrogen-bond donors (Lipinski definition) is 2. The van der Waals surface area contributed by atoms with Gasteiger partial charge in [0, 0.05) is 28.2 Å². The summed E-state index contributed by atoms with van der Waals surface area (Å²) in [6.45, 7) is 12.9. The average Bonchev–Trinajstić information content (AvgIpc) is 2.86. The van der Waals surface area contributed by atoms with Crippen molar-refractivity contribution in [3.8, 4) is 0 Å². The molecule has 1 heterocycles. The molecular formula is C22H30O4. The number of carbonyl (C=O) groups is 1. The molecule has 2 aliphatic carbocycles. The topological polar surface area (TPSA) is 66.8 Å². The number of allylic oxidation sites excluding steroid dienone is 3. The lowest BCUT2D eigenvalue weighted by atomic mass is 9.50. The first-order valence-corrected chi connectivity index (χ1v) is 9.25. The highest BCUT2D eigenvalue weighted by Gasteiger charge is 2.70. The smallest absolute Gasteiger partial charge is 0.328 e. The minimum Gasteiger partial charge on any atom is -0.478 e. The van der Waals surface area contributed by atoms with E-state index in [-0.39, 0.29) is 41.0 Å². The maximum atomic E-state index is 11.2. The first kappa shape index (κ1) is 19.1. The van der Waals surface area contributed by atoms with Gasteiger partial charge in [-0.2, -0.15) is 0 Å².